The summed E-state index contributed by atoms with van der Waals surface area (Å²) in [4.78, 5) is 2.32. The maximum absolute atomic E-state index is 2.39. The standard InChI is InChI=1S/C24H39N/c1-4-6-19-7-9-20(10-8-19)21-11-13-22(14-12-21)23-15-17-24(18-16-23)25(3)5-2/h15-22H,4-14H2,1-3H3. The second-order valence-corrected chi connectivity index (χ2v) is 8.79. The number of hydrogen-bond acceptors (Lipinski definition) is 1. The van der Waals surface area contributed by atoms with Crippen LogP contribution in [0.15, 0.2) is 24.3 Å². The Labute approximate surface area is 156 Å². The number of benzene rings is 1. The molecule has 0 saturated heterocycles. The second kappa shape index (κ2) is 9.10. The molecule has 1 heteroatoms. The van der Waals surface area contributed by atoms with Crippen molar-refractivity contribution in [2.24, 2.45) is 17.8 Å². The molecule has 0 aliphatic heterocycles. The molecular formula is C24H39N. The molecule has 0 aromatic heterocycles. The fourth-order valence-electron chi connectivity index (χ4n) is 5.46. The Hall–Kier alpha value is -0.980. The highest BCUT2D eigenvalue weighted by Crippen LogP contribution is 2.44. The summed E-state index contributed by atoms with van der Waals surface area (Å²) < 4.78 is 0. The fourth-order valence-corrected chi connectivity index (χ4v) is 5.46. The van der Waals surface area contributed by atoms with Gasteiger partial charge >= 0.3 is 0 Å². The normalized spacial score (nSPS) is 30.2. The first-order valence-electron chi connectivity index (χ1n) is 11.0. The van der Waals surface area contributed by atoms with E-state index in [1.807, 2.05) is 0 Å². The van der Waals surface area contributed by atoms with Gasteiger partial charge in [0.15, 0.2) is 0 Å². The summed E-state index contributed by atoms with van der Waals surface area (Å²) in [6, 6.07) is 9.42. The van der Waals surface area contributed by atoms with Gasteiger partial charge in [-0.25, -0.2) is 0 Å². The molecular weight excluding hydrogens is 302 g/mol. The third-order valence-electron chi connectivity index (χ3n) is 7.31. The molecule has 0 atom stereocenters. The van der Waals surface area contributed by atoms with Gasteiger partial charge in [0.05, 0.1) is 0 Å². The molecule has 1 nitrogen and oxygen atoms in total. The quantitative estimate of drug-likeness (QED) is 0.537. The van der Waals surface area contributed by atoms with Gasteiger partial charge < -0.3 is 4.90 Å². The van der Waals surface area contributed by atoms with Crippen LogP contribution in [-0.4, -0.2) is 13.6 Å². The maximum atomic E-state index is 2.39. The Kier molecular flexibility index (Phi) is 6.84. The predicted octanol–water partition coefficient (Wildman–Crippen LogP) is 7.02. The van der Waals surface area contributed by atoms with Crippen LogP contribution in [0.4, 0.5) is 5.69 Å². The molecule has 0 N–H and O–H groups in total. The smallest absolute Gasteiger partial charge is 0.0363 e. The van der Waals surface area contributed by atoms with E-state index >= 15 is 0 Å². The average molecular weight is 342 g/mol. The lowest BCUT2D eigenvalue weighted by Crippen LogP contribution is -2.25. The molecule has 1 aromatic rings. The van der Waals surface area contributed by atoms with Crippen molar-refractivity contribution in [3.05, 3.63) is 29.8 Å². The Bertz CT molecular complexity index is 489. The van der Waals surface area contributed by atoms with E-state index in [4.69, 9.17) is 0 Å². The molecule has 25 heavy (non-hydrogen) atoms. The zero-order valence-corrected chi connectivity index (χ0v) is 16.8. The van der Waals surface area contributed by atoms with Crippen LogP contribution < -0.4 is 4.90 Å². The van der Waals surface area contributed by atoms with Crippen molar-refractivity contribution in [1.29, 1.82) is 0 Å². The van der Waals surface area contributed by atoms with Gasteiger partial charge in [-0.15, -0.1) is 0 Å². The number of rotatable bonds is 6. The van der Waals surface area contributed by atoms with Gasteiger partial charge in [0.2, 0.25) is 0 Å². The number of hydrogen-bond donors (Lipinski definition) is 0. The topological polar surface area (TPSA) is 3.24 Å². The summed E-state index contributed by atoms with van der Waals surface area (Å²) >= 11 is 0. The van der Waals surface area contributed by atoms with E-state index in [2.05, 4.69) is 50.1 Å². The van der Waals surface area contributed by atoms with E-state index in [0.29, 0.717) is 0 Å². The summed E-state index contributed by atoms with van der Waals surface area (Å²) in [6.07, 6.45) is 14.7. The lowest BCUT2D eigenvalue weighted by atomic mass is 9.68. The highest BCUT2D eigenvalue weighted by Gasteiger charge is 2.31. The van der Waals surface area contributed by atoms with Crippen LogP contribution in [0.1, 0.15) is 89.5 Å². The summed E-state index contributed by atoms with van der Waals surface area (Å²) in [5, 5.41) is 0. The van der Waals surface area contributed by atoms with Crippen LogP contribution in [-0.2, 0) is 0 Å². The lowest BCUT2D eigenvalue weighted by Gasteiger charge is -2.38. The van der Waals surface area contributed by atoms with E-state index in [0.717, 1.165) is 30.2 Å². The third-order valence-corrected chi connectivity index (χ3v) is 7.31. The minimum absolute atomic E-state index is 0.814. The zero-order chi connectivity index (χ0) is 17.6. The molecule has 2 aliphatic rings. The maximum Gasteiger partial charge on any atom is 0.0363 e. The number of nitrogens with zero attached hydrogens (tertiary/aromatic N) is 1. The first kappa shape index (κ1) is 18.8. The Morgan fingerprint density at radius 2 is 1.36 bits per heavy atom. The van der Waals surface area contributed by atoms with Crippen molar-refractivity contribution in [3.8, 4) is 0 Å². The van der Waals surface area contributed by atoms with E-state index in [-0.39, 0.29) is 0 Å². The number of anilines is 1. The van der Waals surface area contributed by atoms with E-state index in [1.165, 1.54) is 69.9 Å². The van der Waals surface area contributed by atoms with Crippen molar-refractivity contribution in [2.75, 3.05) is 18.5 Å². The summed E-state index contributed by atoms with van der Waals surface area (Å²) in [6.45, 7) is 5.63. The molecule has 0 heterocycles. The minimum Gasteiger partial charge on any atom is -0.375 e. The Morgan fingerprint density at radius 3 is 1.88 bits per heavy atom. The minimum atomic E-state index is 0.814. The van der Waals surface area contributed by atoms with Crippen molar-refractivity contribution in [1.82, 2.24) is 0 Å². The largest absolute Gasteiger partial charge is 0.375 e. The molecule has 2 saturated carbocycles. The Morgan fingerprint density at radius 1 is 0.800 bits per heavy atom. The monoisotopic (exact) mass is 341 g/mol. The average Bonchev–Trinajstić information content (AvgIpc) is 2.68. The molecule has 3 rings (SSSR count). The molecule has 0 bridgehead atoms. The summed E-state index contributed by atoms with van der Waals surface area (Å²) in [7, 11) is 2.18. The summed E-state index contributed by atoms with van der Waals surface area (Å²) in [5.74, 6) is 3.95. The zero-order valence-electron chi connectivity index (χ0n) is 16.8. The van der Waals surface area contributed by atoms with E-state index in [9.17, 15) is 0 Å². The van der Waals surface area contributed by atoms with Gasteiger partial charge in [0.25, 0.3) is 0 Å². The predicted molar refractivity (Wildman–Crippen MR) is 110 cm³/mol. The first-order chi connectivity index (χ1) is 12.2. The molecule has 0 spiro atoms. The van der Waals surface area contributed by atoms with Crippen molar-refractivity contribution < 1.29 is 0 Å². The van der Waals surface area contributed by atoms with Crippen molar-refractivity contribution >= 4 is 5.69 Å². The fraction of sp³-hybridized carbons (Fsp3) is 0.750. The highest BCUT2D eigenvalue weighted by atomic mass is 15.1. The molecule has 1 aromatic carbocycles. The summed E-state index contributed by atoms with van der Waals surface area (Å²) in [5.41, 5.74) is 2.93. The van der Waals surface area contributed by atoms with Crippen molar-refractivity contribution in [2.45, 2.75) is 84.0 Å². The van der Waals surface area contributed by atoms with Crippen LogP contribution in [0.2, 0.25) is 0 Å². The molecule has 0 unspecified atom stereocenters. The van der Waals surface area contributed by atoms with Gasteiger partial charge in [-0.05, 0) is 86.8 Å². The Balaban J connectivity index is 1.47. The molecule has 2 fully saturated rings. The van der Waals surface area contributed by atoms with Crippen LogP contribution in [0.25, 0.3) is 0 Å². The van der Waals surface area contributed by atoms with E-state index < -0.39 is 0 Å². The van der Waals surface area contributed by atoms with Gasteiger partial charge in [0, 0.05) is 19.3 Å². The van der Waals surface area contributed by atoms with Crippen LogP contribution in [0.3, 0.4) is 0 Å². The van der Waals surface area contributed by atoms with Crippen LogP contribution in [0.5, 0.6) is 0 Å². The van der Waals surface area contributed by atoms with Crippen molar-refractivity contribution in [3.63, 3.8) is 0 Å². The van der Waals surface area contributed by atoms with Crippen LogP contribution in [0, 0.1) is 17.8 Å². The van der Waals surface area contributed by atoms with Gasteiger partial charge in [0.1, 0.15) is 0 Å². The van der Waals surface area contributed by atoms with Crippen LogP contribution >= 0.6 is 0 Å². The van der Waals surface area contributed by atoms with E-state index in [1.54, 1.807) is 5.56 Å². The van der Waals surface area contributed by atoms with Gasteiger partial charge in [-0.2, -0.15) is 0 Å². The second-order valence-electron chi connectivity index (χ2n) is 8.79. The van der Waals surface area contributed by atoms with Gasteiger partial charge in [-0.1, -0.05) is 44.7 Å². The first-order valence-corrected chi connectivity index (χ1v) is 11.0. The highest BCUT2D eigenvalue weighted by molar-refractivity contribution is 5.47. The van der Waals surface area contributed by atoms with Gasteiger partial charge in [-0.3, -0.25) is 0 Å². The molecule has 140 valence electrons. The molecule has 2 aliphatic carbocycles. The third kappa shape index (κ3) is 4.80. The molecule has 0 radical (unpaired) electrons. The molecule has 0 amide bonds. The SMILES string of the molecule is CCCC1CCC(C2CCC(c3ccc(N(C)CC)cc3)CC2)CC1. The lowest BCUT2D eigenvalue weighted by molar-refractivity contribution is 0.156.